The van der Waals surface area contributed by atoms with Gasteiger partial charge in [-0.25, -0.2) is 14.6 Å². The number of hydrogen-bond donors (Lipinski definition) is 3. The van der Waals surface area contributed by atoms with Gasteiger partial charge in [0.05, 0.1) is 10.7 Å². The minimum Gasteiger partial charge on any atom is -0.403 e. The van der Waals surface area contributed by atoms with Crippen molar-refractivity contribution in [3.8, 4) is 0 Å². The van der Waals surface area contributed by atoms with E-state index in [4.69, 9.17) is 23.2 Å². The van der Waals surface area contributed by atoms with E-state index >= 15 is 0 Å². The third kappa shape index (κ3) is 8.41. The maximum absolute atomic E-state index is 13.2. The highest BCUT2D eigenvalue weighted by atomic mass is 35.5. The van der Waals surface area contributed by atoms with Gasteiger partial charge in [-0.1, -0.05) is 30.3 Å². The number of halogens is 3. The van der Waals surface area contributed by atoms with Crippen LogP contribution in [0.5, 0.6) is 0 Å². The number of hydrazine groups is 1. The van der Waals surface area contributed by atoms with Crippen LogP contribution < -0.4 is 16.9 Å². The van der Waals surface area contributed by atoms with Crippen LogP contribution in [-0.2, 0) is 4.79 Å². The molecule has 1 amide bonds. The van der Waals surface area contributed by atoms with E-state index in [2.05, 4.69) is 18.5 Å². The average molecular weight is 429 g/mol. The number of nitrogens with one attached hydrogen (secondary N) is 1. The predicted octanol–water partition coefficient (Wildman–Crippen LogP) is 4.10. The van der Waals surface area contributed by atoms with Crippen LogP contribution in [0.4, 0.5) is 8.78 Å². The molecule has 0 aliphatic heterocycles. The van der Waals surface area contributed by atoms with E-state index in [1.807, 2.05) is 0 Å². The molecule has 1 rings (SSSR count). The summed E-state index contributed by atoms with van der Waals surface area (Å²) in [5.41, 5.74) is 6.61. The SMILES string of the molecule is C=C(C)/C=C(/C(F)F)N(N)C[C@H]1CC[C@H](NC(=O)/C(=C/C(Cl)=C\N)C(=C)C)CC1. The molecule has 0 radical (unpaired) electrons. The first-order chi connectivity index (χ1) is 13.5. The van der Waals surface area contributed by atoms with Crippen molar-refractivity contribution in [2.75, 3.05) is 6.54 Å². The van der Waals surface area contributed by atoms with Crippen LogP contribution in [-0.4, -0.2) is 29.9 Å². The van der Waals surface area contributed by atoms with Gasteiger partial charge >= 0.3 is 0 Å². The van der Waals surface area contributed by atoms with Gasteiger partial charge < -0.3 is 16.1 Å². The number of carbonyl (C=O) groups excluding carboxylic acids is 1. The van der Waals surface area contributed by atoms with E-state index in [0.29, 0.717) is 23.3 Å². The molecular formula is C21H31ClF2N4O. The van der Waals surface area contributed by atoms with E-state index in [1.54, 1.807) is 13.8 Å². The van der Waals surface area contributed by atoms with Crippen LogP contribution in [0.1, 0.15) is 39.5 Å². The number of nitrogens with zero attached hydrogens (tertiary/aromatic N) is 1. The maximum atomic E-state index is 13.2. The van der Waals surface area contributed by atoms with E-state index in [-0.39, 0.29) is 28.6 Å². The van der Waals surface area contributed by atoms with Crippen molar-refractivity contribution in [1.29, 1.82) is 0 Å². The molecule has 8 heteroatoms. The maximum Gasteiger partial charge on any atom is 0.279 e. The van der Waals surface area contributed by atoms with Crippen molar-refractivity contribution >= 4 is 17.5 Å². The minimum absolute atomic E-state index is 0.00566. The van der Waals surface area contributed by atoms with Gasteiger partial charge in [0, 0.05) is 24.4 Å². The largest absolute Gasteiger partial charge is 0.403 e. The highest BCUT2D eigenvalue weighted by molar-refractivity contribution is 6.31. The molecule has 5 nitrogen and oxygen atoms in total. The summed E-state index contributed by atoms with van der Waals surface area (Å²) < 4.78 is 26.4. The standard InChI is InChI=1S/C21H31ClF2N4O/c1-13(2)9-19(20(23)24)28(26)12-15-5-7-17(8-6-15)27-21(29)18(14(3)4)10-16(22)11-25/h9-11,15,17,20H,1,3,5-8,12,25-26H2,2,4H3,(H,27,29)/b16-11+,18-10+,19-9-/t15-,17-. The Balaban J connectivity index is 2.64. The third-order valence-electron chi connectivity index (χ3n) is 4.73. The topological polar surface area (TPSA) is 84.4 Å². The second-order valence-corrected chi connectivity index (χ2v) is 7.89. The lowest BCUT2D eigenvalue weighted by molar-refractivity contribution is -0.118. The summed E-state index contributed by atoms with van der Waals surface area (Å²) in [5.74, 6) is 5.79. The Morgan fingerprint density at radius 1 is 1.24 bits per heavy atom. The fourth-order valence-corrected chi connectivity index (χ4v) is 3.34. The summed E-state index contributed by atoms with van der Waals surface area (Å²) >= 11 is 5.90. The van der Waals surface area contributed by atoms with Crippen LogP contribution in [0.25, 0.3) is 0 Å². The molecule has 162 valence electrons. The van der Waals surface area contributed by atoms with E-state index in [9.17, 15) is 13.6 Å². The van der Waals surface area contributed by atoms with Crippen molar-refractivity contribution in [1.82, 2.24) is 10.3 Å². The van der Waals surface area contributed by atoms with Crippen LogP contribution in [0.3, 0.4) is 0 Å². The lowest BCUT2D eigenvalue weighted by atomic mass is 9.85. The first-order valence-electron chi connectivity index (χ1n) is 9.48. The molecule has 0 aromatic carbocycles. The van der Waals surface area contributed by atoms with Gasteiger partial charge in [-0.3, -0.25) is 4.79 Å². The smallest absolute Gasteiger partial charge is 0.279 e. The van der Waals surface area contributed by atoms with Gasteiger partial charge in [-0.05, 0) is 63.2 Å². The molecule has 0 bridgehead atoms. The van der Waals surface area contributed by atoms with Crippen LogP contribution in [0.2, 0.25) is 0 Å². The zero-order valence-corrected chi connectivity index (χ0v) is 17.8. The molecule has 1 fully saturated rings. The summed E-state index contributed by atoms with van der Waals surface area (Å²) in [4.78, 5) is 12.5. The van der Waals surface area contributed by atoms with E-state index in [0.717, 1.165) is 30.7 Å². The van der Waals surface area contributed by atoms with Crippen molar-refractivity contribution in [3.63, 3.8) is 0 Å². The predicted molar refractivity (Wildman–Crippen MR) is 115 cm³/mol. The minimum atomic E-state index is -2.66. The van der Waals surface area contributed by atoms with Crippen molar-refractivity contribution < 1.29 is 13.6 Å². The molecule has 0 aromatic heterocycles. The molecular weight excluding hydrogens is 398 g/mol. The summed E-state index contributed by atoms with van der Waals surface area (Å²) in [6, 6.07) is -0.00566. The fraction of sp³-hybridized carbons (Fsp3) is 0.476. The Kier molecular flexibility index (Phi) is 10.1. The molecule has 0 unspecified atom stereocenters. The quantitative estimate of drug-likeness (QED) is 0.223. The molecule has 0 aromatic rings. The lowest BCUT2D eigenvalue weighted by Gasteiger charge is -2.33. The number of allylic oxidation sites excluding steroid dienone is 5. The average Bonchev–Trinajstić information content (AvgIpc) is 2.64. The Morgan fingerprint density at radius 2 is 1.83 bits per heavy atom. The first kappa shape index (κ1) is 24.9. The van der Waals surface area contributed by atoms with Crippen LogP contribution >= 0.6 is 11.6 Å². The normalized spacial score (nSPS) is 21.1. The van der Waals surface area contributed by atoms with Gasteiger partial charge in [-0.2, -0.15) is 0 Å². The monoisotopic (exact) mass is 428 g/mol. The van der Waals surface area contributed by atoms with Gasteiger partial charge in [0.2, 0.25) is 0 Å². The Bertz CT molecular complexity index is 707. The van der Waals surface area contributed by atoms with Gasteiger partial charge in [-0.15, -0.1) is 0 Å². The van der Waals surface area contributed by atoms with Gasteiger partial charge in [0.25, 0.3) is 12.3 Å². The van der Waals surface area contributed by atoms with Crippen LogP contribution in [0.15, 0.2) is 59.0 Å². The highest BCUT2D eigenvalue weighted by Crippen LogP contribution is 2.27. The molecule has 1 saturated carbocycles. The van der Waals surface area contributed by atoms with Gasteiger partial charge in [0.15, 0.2) is 0 Å². The highest BCUT2D eigenvalue weighted by Gasteiger charge is 2.26. The summed E-state index contributed by atoms with van der Waals surface area (Å²) in [6.07, 6.45) is 4.37. The zero-order chi connectivity index (χ0) is 22.1. The molecule has 0 spiro atoms. The van der Waals surface area contributed by atoms with E-state index < -0.39 is 6.43 Å². The van der Waals surface area contributed by atoms with Crippen molar-refractivity contribution in [3.05, 3.63) is 59.0 Å². The number of hydrogen-bond acceptors (Lipinski definition) is 4. The molecule has 0 atom stereocenters. The number of amides is 1. The zero-order valence-electron chi connectivity index (χ0n) is 17.1. The third-order valence-corrected chi connectivity index (χ3v) is 4.97. The Hall–Kier alpha value is -2.12. The number of carbonyl (C=O) groups is 1. The molecule has 5 N–H and O–H groups in total. The van der Waals surface area contributed by atoms with Crippen molar-refractivity contribution in [2.45, 2.75) is 52.0 Å². The summed E-state index contributed by atoms with van der Waals surface area (Å²) in [5, 5.41) is 4.36. The second kappa shape index (κ2) is 11.8. The second-order valence-electron chi connectivity index (χ2n) is 7.45. The number of alkyl halides is 2. The molecule has 0 heterocycles. The Morgan fingerprint density at radius 3 is 2.28 bits per heavy atom. The molecule has 29 heavy (non-hydrogen) atoms. The Labute approximate surface area is 176 Å². The number of nitrogens with two attached hydrogens (primary N) is 2. The van der Waals surface area contributed by atoms with E-state index in [1.165, 1.54) is 18.4 Å². The molecule has 1 aliphatic carbocycles. The van der Waals surface area contributed by atoms with Crippen molar-refractivity contribution in [2.24, 2.45) is 17.5 Å². The number of rotatable bonds is 9. The summed E-state index contributed by atoms with van der Waals surface area (Å²) in [6.45, 7) is 11.1. The molecule has 1 aliphatic rings. The molecule has 0 saturated heterocycles. The van der Waals surface area contributed by atoms with Gasteiger partial charge in [0.1, 0.15) is 0 Å². The lowest BCUT2D eigenvalue weighted by Crippen LogP contribution is -2.42. The fourth-order valence-electron chi connectivity index (χ4n) is 3.23. The first-order valence-corrected chi connectivity index (χ1v) is 9.86. The van der Waals surface area contributed by atoms with Crippen LogP contribution in [0, 0.1) is 5.92 Å². The summed E-state index contributed by atoms with van der Waals surface area (Å²) in [7, 11) is 0.